The minimum Gasteiger partial charge on any atom is -0.498 e. The van der Waals surface area contributed by atoms with E-state index in [2.05, 4.69) is 26.8 Å². The predicted octanol–water partition coefficient (Wildman–Crippen LogP) is 5.70. The number of hydrogen-bond donors (Lipinski definition) is 0. The molecule has 18 heavy (non-hydrogen) atoms. The zero-order valence-corrected chi connectivity index (χ0v) is 12.7. The molecule has 1 saturated carbocycles. The first-order chi connectivity index (χ1) is 8.81. The lowest BCUT2D eigenvalue weighted by atomic mass is 9.79. The lowest BCUT2D eigenvalue weighted by molar-refractivity contribution is 0.144. The highest BCUT2D eigenvalue weighted by molar-refractivity contribution is 4.99. The summed E-state index contributed by atoms with van der Waals surface area (Å²) in [6.45, 7) is 7.60. The molecule has 1 aliphatic rings. The van der Waals surface area contributed by atoms with Gasteiger partial charge in [0.05, 0.1) is 12.4 Å². The number of rotatable bonds is 8. The molecule has 0 aromatic heterocycles. The molecule has 1 nitrogen and oxygen atoms in total. The van der Waals surface area contributed by atoms with Gasteiger partial charge in [-0.2, -0.15) is 0 Å². The molecular formula is C17H32O. The van der Waals surface area contributed by atoms with Crippen molar-refractivity contribution in [3.8, 4) is 0 Å². The number of allylic oxidation sites excluding steroid dienone is 2. The van der Waals surface area contributed by atoms with Crippen LogP contribution >= 0.6 is 0 Å². The Bertz CT molecular complexity index is 224. The zero-order chi connectivity index (χ0) is 13.2. The van der Waals surface area contributed by atoms with Crippen LogP contribution in [0.3, 0.4) is 0 Å². The predicted molar refractivity (Wildman–Crippen MR) is 79.6 cm³/mol. The van der Waals surface area contributed by atoms with Gasteiger partial charge in [0.1, 0.15) is 0 Å². The molecule has 0 radical (unpaired) electrons. The van der Waals surface area contributed by atoms with Crippen LogP contribution in [0, 0.1) is 11.8 Å². The fourth-order valence-corrected chi connectivity index (χ4v) is 3.12. The molecule has 1 aliphatic carbocycles. The lowest BCUT2D eigenvalue weighted by Crippen LogP contribution is -2.17. The summed E-state index contributed by atoms with van der Waals surface area (Å²) in [6.07, 6.45) is 14.3. The molecular weight excluding hydrogens is 220 g/mol. The van der Waals surface area contributed by atoms with Crippen LogP contribution < -0.4 is 0 Å². The van der Waals surface area contributed by atoms with Crippen LogP contribution in [0.25, 0.3) is 0 Å². The van der Waals surface area contributed by atoms with Gasteiger partial charge in [-0.3, -0.25) is 0 Å². The van der Waals surface area contributed by atoms with Crippen molar-refractivity contribution < 1.29 is 4.74 Å². The highest BCUT2D eigenvalue weighted by atomic mass is 16.5. The van der Waals surface area contributed by atoms with Gasteiger partial charge in [0.15, 0.2) is 0 Å². The van der Waals surface area contributed by atoms with Crippen LogP contribution in [0.2, 0.25) is 0 Å². The van der Waals surface area contributed by atoms with Gasteiger partial charge in [-0.1, -0.05) is 39.5 Å². The Morgan fingerprint density at radius 2 is 1.78 bits per heavy atom. The Morgan fingerprint density at radius 3 is 2.33 bits per heavy atom. The molecule has 0 aromatic rings. The Labute approximate surface area is 114 Å². The zero-order valence-electron chi connectivity index (χ0n) is 12.7. The molecule has 1 fully saturated rings. The van der Waals surface area contributed by atoms with Crippen LogP contribution in [0.5, 0.6) is 0 Å². The smallest absolute Gasteiger partial charge is 0.0947 e. The summed E-state index contributed by atoms with van der Waals surface area (Å²) < 4.78 is 5.99. The van der Waals surface area contributed by atoms with Crippen LogP contribution in [-0.2, 0) is 4.74 Å². The number of hydrogen-bond acceptors (Lipinski definition) is 1. The van der Waals surface area contributed by atoms with Gasteiger partial charge in [0.25, 0.3) is 0 Å². The van der Waals surface area contributed by atoms with Crippen molar-refractivity contribution in [2.75, 3.05) is 6.61 Å². The molecule has 0 aromatic carbocycles. The Hall–Kier alpha value is -0.460. The van der Waals surface area contributed by atoms with E-state index < -0.39 is 0 Å². The molecule has 0 bridgehead atoms. The van der Waals surface area contributed by atoms with Gasteiger partial charge >= 0.3 is 0 Å². The van der Waals surface area contributed by atoms with Crippen molar-refractivity contribution in [2.24, 2.45) is 11.8 Å². The summed E-state index contributed by atoms with van der Waals surface area (Å²) in [5.74, 6) is 2.98. The van der Waals surface area contributed by atoms with Crippen molar-refractivity contribution in [3.05, 3.63) is 11.8 Å². The van der Waals surface area contributed by atoms with E-state index in [0.29, 0.717) is 5.92 Å². The fourth-order valence-electron chi connectivity index (χ4n) is 3.12. The van der Waals surface area contributed by atoms with Crippen LogP contribution in [0.1, 0.15) is 78.6 Å². The van der Waals surface area contributed by atoms with Crippen LogP contribution in [0.15, 0.2) is 11.8 Å². The normalized spacial score (nSPS) is 25.2. The van der Waals surface area contributed by atoms with Gasteiger partial charge in [0, 0.05) is 5.92 Å². The molecule has 0 unspecified atom stereocenters. The van der Waals surface area contributed by atoms with E-state index >= 15 is 0 Å². The quantitative estimate of drug-likeness (QED) is 0.397. The van der Waals surface area contributed by atoms with Gasteiger partial charge in [-0.15, -0.1) is 0 Å². The Balaban J connectivity index is 2.25. The van der Waals surface area contributed by atoms with Gasteiger partial charge < -0.3 is 4.74 Å². The molecule has 0 heterocycles. The average Bonchev–Trinajstić information content (AvgIpc) is 2.41. The molecule has 106 valence electrons. The average molecular weight is 252 g/mol. The van der Waals surface area contributed by atoms with Crippen molar-refractivity contribution >= 4 is 0 Å². The second-order valence-electron chi connectivity index (χ2n) is 5.75. The highest BCUT2D eigenvalue weighted by Gasteiger charge is 2.23. The third kappa shape index (κ3) is 5.46. The number of ether oxygens (including phenoxy) is 1. The monoisotopic (exact) mass is 252 g/mol. The molecule has 0 N–H and O–H groups in total. The standard InChI is InChI=1S/C17H32O/c1-4-7-8-14-18-17(6-3)16-12-10-15(9-5-2)11-13-16/h6,15-16H,4-5,7-14H2,1-3H3/b17-6-. The summed E-state index contributed by atoms with van der Waals surface area (Å²) in [5.41, 5.74) is 0. The summed E-state index contributed by atoms with van der Waals surface area (Å²) in [6, 6.07) is 0. The molecule has 0 aliphatic heterocycles. The van der Waals surface area contributed by atoms with E-state index in [1.54, 1.807) is 0 Å². The van der Waals surface area contributed by atoms with E-state index in [4.69, 9.17) is 4.74 Å². The molecule has 0 amide bonds. The van der Waals surface area contributed by atoms with E-state index in [-0.39, 0.29) is 0 Å². The lowest BCUT2D eigenvalue weighted by Gasteiger charge is -2.29. The maximum Gasteiger partial charge on any atom is 0.0947 e. The van der Waals surface area contributed by atoms with E-state index in [0.717, 1.165) is 12.5 Å². The molecule has 1 rings (SSSR count). The van der Waals surface area contributed by atoms with Gasteiger partial charge in [-0.25, -0.2) is 0 Å². The minimum absolute atomic E-state index is 0.713. The Morgan fingerprint density at radius 1 is 1.06 bits per heavy atom. The van der Waals surface area contributed by atoms with Crippen molar-refractivity contribution in [3.63, 3.8) is 0 Å². The van der Waals surface area contributed by atoms with Crippen LogP contribution in [0.4, 0.5) is 0 Å². The van der Waals surface area contributed by atoms with Crippen molar-refractivity contribution in [2.45, 2.75) is 78.6 Å². The largest absolute Gasteiger partial charge is 0.498 e. The van der Waals surface area contributed by atoms with E-state index in [9.17, 15) is 0 Å². The summed E-state index contributed by atoms with van der Waals surface area (Å²) in [5, 5.41) is 0. The van der Waals surface area contributed by atoms with Gasteiger partial charge in [0.2, 0.25) is 0 Å². The first-order valence-corrected chi connectivity index (χ1v) is 8.10. The second kappa shape index (κ2) is 9.47. The summed E-state index contributed by atoms with van der Waals surface area (Å²) in [4.78, 5) is 0. The fraction of sp³-hybridized carbons (Fsp3) is 0.882. The maximum atomic E-state index is 5.99. The molecule has 0 spiro atoms. The number of unbranched alkanes of at least 4 members (excludes halogenated alkanes) is 2. The molecule has 0 atom stereocenters. The SMILES string of the molecule is C/C=C(\OCCCCC)C1CCC(CCC)CC1. The van der Waals surface area contributed by atoms with Crippen LogP contribution in [-0.4, -0.2) is 6.61 Å². The third-order valence-corrected chi connectivity index (χ3v) is 4.25. The molecule has 1 heteroatoms. The van der Waals surface area contributed by atoms with Crippen molar-refractivity contribution in [1.82, 2.24) is 0 Å². The summed E-state index contributed by atoms with van der Waals surface area (Å²) >= 11 is 0. The van der Waals surface area contributed by atoms with E-state index in [1.807, 2.05) is 0 Å². The summed E-state index contributed by atoms with van der Waals surface area (Å²) in [7, 11) is 0. The first kappa shape index (κ1) is 15.6. The topological polar surface area (TPSA) is 9.23 Å². The van der Waals surface area contributed by atoms with Gasteiger partial charge in [-0.05, 0) is 51.0 Å². The molecule has 0 saturated heterocycles. The maximum absolute atomic E-state index is 5.99. The highest BCUT2D eigenvalue weighted by Crippen LogP contribution is 2.35. The second-order valence-corrected chi connectivity index (χ2v) is 5.75. The Kier molecular flexibility index (Phi) is 8.20. The first-order valence-electron chi connectivity index (χ1n) is 8.10. The minimum atomic E-state index is 0.713. The van der Waals surface area contributed by atoms with E-state index in [1.165, 1.54) is 63.5 Å². The van der Waals surface area contributed by atoms with Crippen molar-refractivity contribution in [1.29, 1.82) is 0 Å². The third-order valence-electron chi connectivity index (χ3n) is 4.25.